The number of nitrogens with zero attached hydrogens (tertiary/aromatic N) is 2. The Hall–Kier alpha value is -2.86. The normalized spacial score (nSPS) is 14.9. The quantitative estimate of drug-likeness (QED) is 0.525. The van der Waals surface area contributed by atoms with Gasteiger partial charge in [-0.3, -0.25) is 4.79 Å². The van der Waals surface area contributed by atoms with Crippen LogP contribution >= 0.6 is 0 Å². The lowest BCUT2D eigenvalue weighted by Crippen LogP contribution is -2.36. The molecule has 2 N–H and O–H groups in total. The summed E-state index contributed by atoms with van der Waals surface area (Å²) in [6.07, 6.45) is 0. The van der Waals surface area contributed by atoms with Crippen LogP contribution in [0.25, 0.3) is 0 Å². The van der Waals surface area contributed by atoms with E-state index in [2.05, 4.69) is 41.4 Å². The lowest BCUT2D eigenvalue weighted by Gasteiger charge is -2.28. The van der Waals surface area contributed by atoms with E-state index in [1.807, 2.05) is 39.0 Å². The van der Waals surface area contributed by atoms with E-state index in [1.165, 1.54) is 0 Å². The Labute approximate surface area is 184 Å². The molecule has 0 aliphatic carbocycles. The number of carbonyl (C=O) groups excluding carboxylic acids is 1. The molecule has 0 spiro atoms. The Morgan fingerprint density at radius 1 is 1.06 bits per heavy atom. The molecule has 1 fully saturated rings. The number of carbonyl (C=O) groups is 1. The van der Waals surface area contributed by atoms with Gasteiger partial charge in [0.05, 0.1) is 24.5 Å². The molecule has 1 amide bonds. The van der Waals surface area contributed by atoms with Gasteiger partial charge in [-0.25, -0.2) is 5.43 Å². The average molecular weight is 424 g/mol. The van der Waals surface area contributed by atoms with Crippen molar-refractivity contribution in [1.82, 2.24) is 5.43 Å². The fourth-order valence-electron chi connectivity index (χ4n) is 3.62. The summed E-state index contributed by atoms with van der Waals surface area (Å²) in [7, 11) is 0. The molecule has 0 saturated carbocycles. The standard InChI is InChI=1S/C25H33N3O3/c1-16(2)20-14-22(17(3)4)24(29)23(15-20)25(30)27-26-18(5)19-6-8-21(9-7-19)28-10-12-31-13-11-28/h6-9,14-17,29H,10-13H2,1-5H3,(H,27,30)/b26-18+. The molecule has 1 heterocycles. The molecule has 2 aromatic rings. The van der Waals surface area contributed by atoms with E-state index in [9.17, 15) is 9.90 Å². The van der Waals surface area contributed by atoms with Crippen molar-refractivity contribution < 1.29 is 14.6 Å². The molecule has 0 radical (unpaired) electrons. The summed E-state index contributed by atoms with van der Waals surface area (Å²) in [5, 5.41) is 14.9. The summed E-state index contributed by atoms with van der Waals surface area (Å²) in [6.45, 7) is 13.3. The first-order valence-electron chi connectivity index (χ1n) is 10.9. The van der Waals surface area contributed by atoms with Gasteiger partial charge in [0, 0.05) is 18.8 Å². The number of benzene rings is 2. The van der Waals surface area contributed by atoms with Gasteiger partial charge in [0.2, 0.25) is 0 Å². The van der Waals surface area contributed by atoms with Crippen LogP contribution in [-0.2, 0) is 4.74 Å². The first kappa shape index (κ1) is 22.8. The third-order valence-corrected chi connectivity index (χ3v) is 5.68. The van der Waals surface area contributed by atoms with Crippen LogP contribution < -0.4 is 10.3 Å². The summed E-state index contributed by atoms with van der Waals surface area (Å²) >= 11 is 0. The highest BCUT2D eigenvalue weighted by molar-refractivity contribution is 6.02. The van der Waals surface area contributed by atoms with Crippen molar-refractivity contribution in [2.24, 2.45) is 5.10 Å². The van der Waals surface area contributed by atoms with Crippen LogP contribution in [0, 0.1) is 0 Å². The lowest BCUT2D eigenvalue weighted by atomic mass is 9.92. The molecule has 0 unspecified atom stereocenters. The maximum absolute atomic E-state index is 12.8. The number of aromatic hydroxyl groups is 1. The third-order valence-electron chi connectivity index (χ3n) is 5.68. The number of phenolic OH excluding ortho intramolecular Hbond substituents is 1. The summed E-state index contributed by atoms with van der Waals surface area (Å²) in [4.78, 5) is 15.1. The van der Waals surface area contributed by atoms with Gasteiger partial charge >= 0.3 is 0 Å². The van der Waals surface area contributed by atoms with Gasteiger partial charge in [-0.15, -0.1) is 0 Å². The van der Waals surface area contributed by atoms with E-state index in [4.69, 9.17) is 4.74 Å². The first-order valence-corrected chi connectivity index (χ1v) is 10.9. The van der Waals surface area contributed by atoms with Gasteiger partial charge in [0.1, 0.15) is 5.75 Å². The van der Waals surface area contributed by atoms with Crippen molar-refractivity contribution in [3.63, 3.8) is 0 Å². The van der Waals surface area contributed by atoms with Crippen molar-refractivity contribution in [3.8, 4) is 5.75 Å². The van der Waals surface area contributed by atoms with Crippen molar-refractivity contribution in [2.75, 3.05) is 31.2 Å². The number of nitrogens with one attached hydrogen (secondary N) is 1. The SMILES string of the molecule is C/C(=N\NC(=O)c1cc(C(C)C)cc(C(C)C)c1O)c1ccc(N2CCOCC2)cc1. The Morgan fingerprint density at radius 2 is 1.71 bits per heavy atom. The molecule has 1 aliphatic rings. The van der Waals surface area contributed by atoms with Crippen LogP contribution in [0.2, 0.25) is 0 Å². The monoisotopic (exact) mass is 423 g/mol. The number of hydrogen-bond acceptors (Lipinski definition) is 5. The number of amides is 1. The highest BCUT2D eigenvalue weighted by Gasteiger charge is 2.19. The van der Waals surface area contributed by atoms with E-state index in [-0.39, 0.29) is 23.1 Å². The van der Waals surface area contributed by atoms with Crippen molar-refractivity contribution in [3.05, 3.63) is 58.7 Å². The smallest absolute Gasteiger partial charge is 0.275 e. The fraction of sp³-hybridized carbons (Fsp3) is 0.440. The van der Waals surface area contributed by atoms with Crippen LogP contribution in [0.15, 0.2) is 41.5 Å². The number of anilines is 1. The van der Waals surface area contributed by atoms with Crippen LogP contribution in [0.5, 0.6) is 5.75 Å². The first-order chi connectivity index (χ1) is 14.8. The second-order valence-electron chi connectivity index (χ2n) is 8.60. The van der Waals surface area contributed by atoms with Gasteiger partial charge in [0.25, 0.3) is 5.91 Å². The number of hydrogen-bond donors (Lipinski definition) is 2. The molecule has 2 aromatic carbocycles. The molecule has 31 heavy (non-hydrogen) atoms. The predicted molar refractivity (Wildman–Crippen MR) is 125 cm³/mol. The number of hydrazone groups is 1. The Bertz CT molecular complexity index is 943. The zero-order valence-electron chi connectivity index (χ0n) is 19.1. The van der Waals surface area contributed by atoms with Crippen molar-refractivity contribution in [2.45, 2.75) is 46.5 Å². The molecule has 1 aliphatic heterocycles. The molecule has 6 heteroatoms. The van der Waals surface area contributed by atoms with Gasteiger partial charge < -0.3 is 14.7 Å². The van der Waals surface area contributed by atoms with Crippen LogP contribution in [-0.4, -0.2) is 43.0 Å². The number of phenols is 1. The Balaban J connectivity index is 1.76. The summed E-state index contributed by atoms with van der Waals surface area (Å²) in [6, 6.07) is 11.9. The molecule has 1 saturated heterocycles. The minimum Gasteiger partial charge on any atom is -0.507 e. The number of rotatable bonds is 6. The fourth-order valence-corrected chi connectivity index (χ4v) is 3.62. The summed E-state index contributed by atoms with van der Waals surface area (Å²) in [5.41, 5.74) is 7.45. The minimum absolute atomic E-state index is 0.0274. The highest BCUT2D eigenvalue weighted by Crippen LogP contribution is 2.33. The van der Waals surface area contributed by atoms with Gasteiger partial charge in [-0.2, -0.15) is 5.10 Å². The second-order valence-corrected chi connectivity index (χ2v) is 8.60. The van der Waals surface area contributed by atoms with E-state index >= 15 is 0 Å². The zero-order valence-corrected chi connectivity index (χ0v) is 19.1. The third kappa shape index (κ3) is 5.44. The second kappa shape index (κ2) is 9.96. The minimum atomic E-state index is -0.411. The molecule has 6 nitrogen and oxygen atoms in total. The van der Waals surface area contributed by atoms with E-state index in [1.54, 1.807) is 6.07 Å². The van der Waals surface area contributed by atoms with Gasteiger partial charge in [-0.1, -0.05) is 45.9 Å². The van der Waals surface area contributed by atoms with Gasteiger partial charge in [0.15, 0.2) is 0 Å². The Morgan fingerprint density at radius 3 is 2.29 bits per heavy atom. The maximum Gasteiger partial charge on any atom is 0.275 e. The number of morpholine rings is 1. The number of ether oxygens (including phenoxy) is 1. The van der Waals surface area contributed by atoms with E-state index in [0.29, 0.717) is 5.71 Å². The molecule has 0 atom stereocenters. The maximum atomic E-state index is 12.8. The Kier molecular flexibility index (Phi) is 7.33. The van der Waals surface area contributed by atoms with E-state index < -0.39 is 5.91 Å². The van der Waals surface area contributed by atoms with Crippen molar-refractivity contribution >= 4 is 17.3 Å². The molecule has 0 bridgehead atoms. The lowest BCUT2D eigenvalue weighted by molar-refractivity contribution is 0.0952. The topological polar surface area (TPSA) is 74.2 Å². The predicted octanol–water partition coefficient (Wildman–Crippen LogP) is 4.63. The molecule has 166 valence electrons. The molecule has 3 rings (SSSR count). The molecular formula is C25H33N3O3. The largest absolute Gasteiger partial charge is 0.507 e. The average Bonchev–Trinajstić information content (AvgIpc) is 2.77. The van der Waals surface area contributed by atoms with E-state index in [0.717, 1.165) is 48.7 Å². The van der Waals surface area contributed by atoms with Crippen molar-refractivity contribution in [1.29, 1.82) is 0 Å². The summed E-state index contributed by atoms with van der Waals surface area (Å²) < 4.78 is 5.40. The van der Waals surface area contributed by atoms with Crippen LogP contribution in [0.3, 0.4) is 0 Å². The zero-order chi connectivity index (χ0) is 22.5. The molecular weight excluding hydrogens is 390 g/mol. The molecule has 0 aromatic heterocycles. The van der Waals surface area contributed by atoms with Crippen LogP contribution in [0.1, 0.15) is 73.5 Å². The van der Waals surface area contributed by atoms with Crippen LogP contribution in [0.4, 0.5) is 5.69 Å². The van der Waals surface area contributed by atoms with Gasteiger partial charge in [-0.05, 0) is 53.6 Å². The summed E-state index contributed by atoms with van der Waals surface area (Å²) in [5.74, 6) is -0.0221. The highest BCUT2D eigenvalue weighted by atomic mass is 16.5.